The van der Waals surface area contributed by atoms with Gasteiger partial charge in [-0.05, 0) is 31.0 Å². The summed E-state index contributed by atoms with van der Waals surface area (Å²) in [5.41, 5.74) is 0.996. The molecule has 0 saturated heterocycles. The number of hydrogen-bond acceptors (Lipinski definition) is 6. The monoisotopic (exact) mass is 496 g/mol. The van der Waals surface area contributed by atoms with Crippen molar-refractivity contribution in [3.05, 3.63) is 102 Å². The van der Waals surface area contributed by atoms with Crippen molar-refractivity contribution < 1.29 is 14.6 Å². The average molecular weight is 497 g/mol. The number of nitrogens with one attached hydrogen (secondary N) is 1. The van der Waals surface area contributed by atoms with Crippen LogP contribution in [-0.2, 0) is 18.7 Å². The van der Waals surface area contributed by atoms with Crippen molar-refractivity contribution in [2.75, 3.05) is 12.4 Å². The molecule has 0 radical (unpaired) electrons. The number of fused-ring (bicyclic) bond motifs is 1. The van der Waals surface area contributed by atoms with Crippen molar-refractivity contribution in [1.82, 2.24) is 24.3 Å². The lowest BCUT2D eigenvalue weighted by molar-refractivity contribution is 0.102. The summed E-state index contributed by atoms with van der Waals surface area (Å²) in [7, 11) is 1.46. The number of imidazole rings is 1. The van der Waals surface area contributed by atoms with Gasteiger partial charge in [0, 0.05) is 25.4 Å². The van der Waals surface area contributed by atoms with Crippen molar-refractivity contribution in [3.63, 3.8) is 0 Å². The number of benzene rings is 2. The fourth-order valence-corrected chi connectivity index (χ4v) is 4.52. The number of aliphatic hydroxyl groups is 1. The highest BCUT2D eigenvalue weighted by Gasteiger charge is 2.39. The zero-order valence-electron chi connectivity index (χ0n) is 20.9. The van der Waals surface area contributed by atoms with E-state index in [9.17, 15) is 9.90 Å². The van der Waals surface area contributed by atoms with Gasteiger partial charge in [0.15, 0.2) is 22.9 Å². The topological polar surface area (TPSA) is 107 Å². The Labute approximate surface area is 214 Å². The van der Waals surface area contributed by atoms with Gasteiger partial charge in [-0.2, -0.15) is 10.1 Å². The average Bonchev–Trinajstić information content (AvgIpc) is 3.56. The van der Waals surface area contributed by atoms with Gasteiger partial charge in [0.25, 0.3) is 5.91 Å². The summed E-state index contributed by atoms with van der Waals surface area (Å²) < 4.78 is 9.07. The van der Waals surface area contributed by atoms with Gasteiger partial charge < -0.3 is 19.7 Å². The van der Waals surface area contributed by atoms with Crippen LogP contribution in [0.3, 0.4) is 0 Å². The van der Waals surface area contributed by atoms with Gasteiger partial charge in [-0.15, -0.1) is 0 Å². The molecule has 9 heteroatoms. The fourth-order valence-electron chi connectivity index (χ4n) is 4.52. The van der Waals surface area contributed by atoms with Crippen molar-refractivity contribution in [2.45, 2.75) is 32.5 Å². The van der Waals surface area contributed by atoms with E-state index in [0.717, 1.165) is 0 Å². The predicted octanol–water partition coefficient (Wildman–Crippen LogP) is 4.21. The number of methoxy groups -OCH3 is 1. The highest BCUT2D eigenvalue weighted by atomic mass is 16.5. The number of pyridine rings is 1. The third-order valence-electron chi connectivity index (χ3n) is 6.37. The minimum Gasteiger partial charge on any atom is -0.480 e. The molecule has 0 bridgehead atoms. The van der Waals surface area contributed by atoms with Gasteiger partial charge in [-0.3, -0.25) is 9.48 Å². The van der Waals surface area contributed by atoms with E-state index in [0.29, 0.717) is 47.0 Å². The number of carbonyl (C=O) groups excluding carboxylic acids is 1. The van der Waals surface area contributed by atoms with Crippen molar-refractivity contribution in [3.8, 4) is 5.88 Å². The zero-order chi connectivity index (χ0) is 26.0. The summed E-state index contributed by atoms with van der Waals surface area (Å²) in [6.45, 7) is 5.11. The van der Waals surface area contributed by atoms with Crippen molar-refractivity contribution in [1.29, 1.82) is 0 Å². The first-order valence-corrected chi connectivity index (χ1v) is 12.1. The van der Waals surface area contributed by atoms with Crippen LogP contribution >= 0.6 is 0 Å². The molecule has 0 aliphatic rings. The van der Waals surface area contributed by atoms with Crippen molar-refractivity contribution in [2.24, 2.45) is 0 Å². The molecule has 0 unspecified atom stereocenters. The Hall–Kier alpha value is -4.50. The first-order chi connectivity index (χ1) is 18.0. The number of rotatable bonds is 8. The van der Waals surface area contributed by atoms with Gasteiger partial charge in [-0.25, -0.2) is 4.98 Å². The normalized spacial score (nSPS) is 11.6. The lowest BCUT2D eigenvalue weighted by Crippen LogP contribution is -2.32. The molecule has 3 heterocycles. The third-order valence-corrected chi connectivity index (χ3v) is 6.37. The van der Waals surface area contributed by atoms with Crippen LogP contribution < -0.4 is 10.1 Å². The Morgan fingerprint density at radius 2 is 1.62 bits per heavy atom. The van der Waals surface area contributed by atoms with Crippen LogP contribution in [0.2, 0.25) is 0 Å². The molecular weight excluding hydrogens is 468 g/mol. The first-order valence-electron chi connectivity index (χ1n) is 12.1. The molecule has 3 aromatic heterocycles. The molecule has 0 spiro atoms. The molecule has 188 valence electrons. The SMILES string of the molecule is CCn1ccc(NC(=O)c2cc3c(nc2OC)nc(C(O)(c2ccccc2)c2ccccc2)n3CC)n1. The van der Waals surface area contributed by atoms with E-state index in [-0.39, 0.29) is 11.4 Å². The minimum atomic E-state index is -1.55. The van der Waals surface area contributed by atoms with Gasteiger partial charge in [-0.1, -0.05) is 60.7 Å². The lowest BCUT2D eigenvalue weighted by atomic mass is 9.85. The maximum atomic E-state index is 13.2. The smallest absolute Gasteiger partial charge is 0.262 e. The number of anilines is 1. The molecule has 2 aromatic carbocycles. The number of aryl methyl sites for hydroxylation is 2. The molecule has 0 aliphatic carbocycles. The van der Waals surface area contributed by atoms with E-state index in [1.807, 2.05) is 79.1 Å². The number of hydrogen-bond donors (Lipinski definition) is 2. The van der Waals surface area contributed by atoms with Gasteiger partial charge in [0.1, 0.15) is 5.56 Å². The highest BCUT2D eigenvalue weighted by molar-refractivity contribution is 6.07. The van der Waals surface area contributed by atoms with Gasteiger partial charge >= 0.3 is 0 Å². The lowest BCUT2D eigenvalue weighted by Gasteiger charge is -2.29. The molecule has 0 fully saturated rings. The molecular formula is C28H28N6O3. The molecule has 0 atom stereocenters. The van der Waals surface area contributed by atoms with Crippen LogP contribution in [0, 0.1) is 0 Å². The number of ether oxygens (including phenoxy) is 1. The highest BCUT2D eigenvalue weighted by Crippen LogP contribution is 2.38. The van der Waals surface area contributed by atoms with Crippen LogP contribution in [0.15, 0.2) is 79.0 Å². The standard InChI is InChI=1S/C28H28N6O3/c1-4-33-17-16-23(32-33)29-25(35)21-18-22-24(30-26(21)37-3)31-27(34(22)5-2)28(36,19-12-8-6-9-13-19)20-14-10-7-11-15-20/h6-18,36H,4-5H2,1-3H3,(H,29,32,35). The maximum absolute atomic E-state index is 13.2. The Kier molecular flexibility index (Phi) is 6.45. The van der Waals surface area contributed by atoms with Crippen LogP contribution in [0.4, 0.5) is 5.82 Å². The molecule has 1 amide bonds. The number of aromatic nitrogens is 5. The number of amides is 1. The van der Waals surface area contributed by atoms with E-state index < -0.39 is 11.5 Å². The zero-order valence-corrected chi connectivity index (χ0v) is 20.9. The molecule has 0 aliphatic heterocycles. The summed E-state index contributed by atoms with van der Waals surface area (Å²) in [5, 5.41) is 19.5. The first kappa shape index (κ1) is 24.2. The van der Waals surface area contributed by atoms with E-state index >= 15 is 0 Å². The second-order valence-corrected chi connectivity index (χ2v) is 8.52. The molecule has 9 nitrogen and oxygen atoms in total. The van der Waals surface area contributed by atoms with Crippen LogP contribution in [0.25, 0.3) is 11.2 Å². The molecule has 5 rings (SSSR count). The number of carbonyl (C=O) groups is 1. The second-order valence-electron chi connectivity index (χ2n) is 8.52. The maximum Gasteiger partial charge on any atom is 0.262 e. The molecule has 2 N–H and O–H groups in total. The Morgan fingerprint density at radius 1 is 0.973 bits per heavy atom. The Balaban J connectivity index is 1.68. The Morgan fingerprint density at radius 3 is 2.16 bits per heavy atom. The third kappa shape index (κ3) is 4.23. The minimum absolute atomic E-state index is 0.134. The molecule has 0 saturated carbocycles. The second kappa shape index (κ2) is 9.87. The Bertz CT molecular complexity index is 1500. The quantitative estimate of drug-likeness (QED) is 0.333. The summed E-state index contributed by atoms with van der Waals surface area (Å²) in [6.07, 6.45) is 1.79. The fraction of sp³-hybridized carbons (Fsp3) is 0.214. The molecule has 5 aromatic rings. The van der Waals surface area contributed by atoms with Crippen LogP contribution in [-0.4, -0.2) is 42.4 Å². The summed E-state index contributed by atoms with van der Waals surface area (Å²) in [4.78, 5) is 22.6. The van der Waals surface area contributed by atoms with E-state index in [1.165, 1.54) is 7.11 Å². The summed E-state index contributed by atoms with van der Waals surface area (Å²) in [6, 6.07) is 22.2. The van der Waals surface area contributed by atoms with Crippen LogP contribution in [0.1, 0.15) is 41.2 Å². The molecule has 37 heavy (non-hydrogen) atoms. The van der Waals surface area contributed by atoms with Crippen LogP contribution in [0.5, 0.6) is 5.88 Å². The predicted molar refractivity (Wildman–Crippen MR) is 141 cm³/mol. The van der Waals surface area contributed by atoms with Gasteiger partial charge in [0.2, 0.25) is 5.88 Å². The summed E-state index contributed by atoms with van der Waals surface area (Å²) in [5.74, 6) is 0.562. The number of nitrogens with zero attached hydrogens (tertiary/aromatic N) is 5. The largest absolute Gasteiger partial charge is 0.480 e. The van der Waals surface area contributed by atoms with Crippen molar-refractivity contribution >= 4 is 22.9 Å². The van der Waals surface area contributed by atoms with E-state index in [4.69, 9.17) is 9.72 Å². The summed E-state index contributed by atoms with van der Waals surface area (Å²) >= 11 is 0. The van der Waals surface area contributed by atoms with E-state index in [1.54, 1.807) is 23.0 Å². The van der Waals surface area contributed by atoms with E-state index in [2.05, 4.69) is 15.4 Å². The van der Waals surface area contributed by atoms with Gasteiger partial charge in [0.05, 0.1) is 12.6 Å².